The van der Waals surface area contributed by atoms with E-state index in [9.17, 15) is 9.90 Å². The molecule has 0 fully saturated rings. The molecule has 1 aliphatic rings. The number of carbonyl (C=O) groups excluding carboxylic acids is 1. The smallest absolute Gasteiger partial charge is 0.253 e. The van der Waals surface area contributed by atoms with Crippen LogP contribution in [0.4, 0.5) is 0 Å². The number of aliphatic hydroxyl groups excluding tert-OH is 1. The second-order valence-electron chi connectivity index (χ2n) is 7.37. The first kappa shape index (κ1) is 19.4. The molecule has 0 spiro atoms. The van der Waals surface area contributed by atoms with Crippen LogP contribution in [0, 0.1) is 5.92 Å². The Morgan fingerprint density at radius 2 is 2.04 bits per heavy atom. The summed E-state index contributed by atoms with van der Waals surface area (Å²) in [6.45, 7) is 8.57. The van der Waals surface area contributed by atoms with Gasteiger partial charge >= 0.3 is 0 Å². The quantitative estimate of drug-likeness (QED) is 0.774. The second kappa shape index (κ2) is 8.54. The Balaban J connectivity index is 1.55. The summed E-state index contributed by atoms with van der Waals surface area (Å²) >= 11 is 0. The highest BCUT2D eigenvalue weighted by Crippen LogP contribution is 2.18. The van der Waals surface area contributed by atoms with Gasteiger partial charge in [0.05, 0.1) is 31.6 Å². The van der Waals surface area contributed by atoms with Gasteiger partial charge in [0.1, 0.15) is 5.75 Å². The van der Waals surface area contributed by atoms with Crippen molar-refractivity contribution in [3.8, 4) is 5.75 Å². The first-order valence-electron chi connectivity index (χ1n) is 9.34. The van der Waals surface area contributed by atoms with E-state index in [1.807, 2.05) is 10.7 Å². The Morgan fingerprint density at radius 3 is 2.70 bits per heavy atom. The summed E-state index contributed by atoms with van der Waals surface area (Å²) in [5.41, 5.74) is 2.51. The van der Waals surface area contributed by atoms with Gasteiger partial charge in [-0.2, -0.15) is 5.10 Å². The maximum atomic E-state index is 12.3. The Bertz CT molecular complexity index is 770. The van der Waals surface area contributed by atoms with E-state index in [-0.39, 0.29) is 0 Å². The van der Waals surface area contributed by atoms with Crippen LogP contribution in [0.25, 0.3) is 0 Å². The first-order chi connectivity index (χ1) is 13.0. The third kappa shape index (κ3) is 4.87. The van der Waals surface area contributed by atoms with Gasteiger partial charge in [0, 0.05) is 19.6 Å². The predicted molar refractivity (Wildman–Crippen MR) is 102 cm³/mol. The maximum absolute atomic E-state index is 12.3. The van der Waals surface area contributed by atoms with E-state index in [1.54, 1.807) is 31.4 Å². The SMILES string of the molecule is COc1ccc(C(O)C(=O)NCc2cc3n(n2)CCN(CC(C)C)C3)cc1. The number of hydrogen-bond acceptors (Lipinski definition) is 5. The molecule has 27 heavy (non-hydrogen) atoms. The van der Waals surface area contributed by atoms with Crippen LogP contribution in [-0.2, 0) is 24.4 Å². The monoisotopic (exact) mass is 372 g/mol. The van der Waals surface area contributed by atoms with Crippen LogP contribution in [0.1, 0.15) is 36.9 Å². The number of methoxy groups -OCH3 is 1. The van der Waals surface area contributed by atoms with E-state index >= 15 is 0 Å². The van der Waals surface area contributed by atoms with Gasteiger partial charge in [0.15, 0.2) is 6.10 Å². The molecule has 0 radical (unpaired) electrons. The number of aliphatic hydroxyl groups is 1. The van der Waals surface area contributed by atoms with Crippen LogP contribution in [0.5, 0.6) is 5.75 Å². The molecule has 2 heterocycles. The molecular weight excluding hydrogens is 344 g/mol. The topological polar surface area (TPSA) is 79.6 Å². The number of amides is 1. The lowest BCUT2D eigenvalue weighted by molar-refractivity contribution is -0.129. The van der Waals surface area contributed by atoms with Crippen molar-refractivity contribution in [2.24, 2.45) is 5.92 Å². The van der Waals surface area contributed by atoms with Crippen molar-refractivity contribution in [1.29, 1.82) is 0 Å². The van der Waals surface area contributed by atoms with E-state index in [0.29, 0.717) is 23.8 Å². The number of aromatic nitrogens is 2. The number of ether oxygens (including phenoxy) is 1. The molecule has 146 valence electrons. The summed E-state index contributed by atoms with van der Waals surface area (Å²) in [6, 6.07) is 8.84. The Labute approximate surface area is 159 Å². The fraction of sp³-hybridized carbons (Fsp3) is 0.500. The number of carbonyl (C=O) groups is 1. The largest absolute Gasteiger partial charge is 0.497 e. The molecule has 0 aliphatic carbocycles. The first-order valence-corrected chi connectivity index (χ1v) is 9.34. The van der Waals surface area contributed by atoms with Crippen molar-refractivity contribution in [3.63, 3.8) is 0 Å². The molecule has 2 N–H and O–H groups in total. The summed E-state index contributed by atoms with van der Waals surface area (Å²) in [7, 11) is 1.57. The van der Waals surface area contributed by atoms with Crippen LogP contribution < -0.4 is 10.1 Å². The normalized spacial score (nSPS) is 15.4. The molecule has 3 rings (SSSR count). The summed E-state index contributed by atoms with van der Waals surface area (Å²) < 4.78 is 7.10. The number of nitrogens with one attached hydrogen (secondary N) is 1. The van der Waals surface area contributed by atoms with Gasteiger partial charge in [-0.1, -0.05) is 26.0 Å². The number of nitrogens with zero attached hydrogens (tertiary/aromatic N) is 3. The average molecular weight is 372 g/mol. The van der Waals surface area contributed by atoms with Crippen molar-refractivity contribution in [2.75, 3.05) is 20.2 Å². The van der Waals surface area contributed by atoms with Crippen molar-refractivity contribution in [2.45, 2.75) is 39.6 Å². The van der Waals surface area contributed by atoms with Crippen LogP contribution >= 0.6 is 0 Å². The summed E-state index contributed by atoms with van der Waals surface area (Å²) in [5.74, 6) is 0.881. The van der Waals surface area contributed by atoms with Gasteiger partial charge in [-0.05, 0) is 29.7 Å². The predicted octanol–water partition coefficient (Wildman–Crippen LogP) is 1.71. The fourth-order valence-electron chi connectivity index (χ4n) is 3.35. The van der Waals surface area contributed by atoms with E-state index in [2.05, 4.69) is 29.2 Å². The van der Waals surface area contributed by atoms with Gasteiger partial charge in [0.2, 0.25) is 0 Å². The number of hydrogen-bond donors (Lipinski definition) is 2. The lowest BCUT2D eigenvalue weighted by Gasteiger charge is -2.28. The highest BCUT2D eigenvalue weighted by Gasteiger charge is 2.20. The lowest BCUT2D eigenvalue weighted by atomic mass is 10.1. The Hall–Kier alpha value is -2.38. The Kier molecular flexibility index (Phi) is 6.13. The van der Waals surface area contributed by atoms with E-state index in [4.69, 9.17) is 4.74 Å². The zero-order chi connectivity index (χ0) is 19.4. The fourth-order valence-corrected chi connectivity index (χ4v) is 3.35. The summed E-state index contributed by atoms with van der Waals surface area (Å²) in [4.78, 5) is 14.7. The summed E-state index contributed by atoms with van der Waals surface area (Å²) in [5, 5.41) is 17.6. The second-order valence-corrected chi connectivity index (χ2v) is 7.37. The highest BCUT2D eigenvalue weighted by molar-refractivity contribution is 5.81. The van der Waals surface area contributed by atoms with Gasteiger partial charge in [0.25, 0.3) is 5.91 Å². The van der Waals surface area contributed by atoms with E-state index in [1.165, 1.54) is 5.69 Å². The van der Waals surface area contributed by atoms with Crippen molar-refractivity contribution < 1.29 is 14.6 Å². The molecule has 1 amide bonds. The van der Waals surface area contributed by atoms with E-state index in [0.717, 1.165) is 31.9 Å². The third-order valence-electron chi connectivity index (χ3n) is 4.67. The van der Waals surface area contributed by atoms with Crippen LogP contribution in [0.2, 0.25) is 0 Å². The molecule has 0 saturated carbocycles. The van der Waals surface area contributed by atoms with Gasteiger partial charge in [-0.15, -0.1) is 0 Å². The molecule has 0 bridgehead atoms. The molecule has 1 aromatic heterocycles. The van der Waals surface area contributed by atoms with Crippen LogP contribution in [-0.4, -0.2) is 45.9 Å². The molecule has 7 nitrogen and oxygen atoms in total. The van der Waals surface area contributed by atoms with Crippen molar-refractivity contribution in [3.05, 3.63) is 47.3 Å². The molecule has 7 heteroatoms. The molecule has 0 saturated heterocycles. The zero-order valence-corrected chi connectivity index (χ0v) is 16.2. The summed E-state index contributed by atoms with van der Waals surface area (Å²) in [6.07, 6.45) is -1.21. The molecule has 1 aromatic carbocycles. The number of benzene rings is 1. The minimum absolute atomic E-state index is 0.302. The van der Waals surface area contributed by atoms with E-state index < -0.39 is 12.0 Å². The van der Waals surface area contributed by atoms with Crippen molar-refractivity contribution in [1.82, 2.24) is 20.0 Å². The average Bonchev–Trinajstić information content (AvgIpc) is 3.07. The van der Waals surface area contributed by atoms with Crippen molar-refractivity contribution >= 4 is 5.91 Å². The lowest BCUT2D eigenvalue weighted by Crippen LogP contribution is -2.36. The minimum Gasteiger partial charge on any atom is -0.497 e. The van der Waals surface area contributed by atoms with Gasteiger partial charge in [-0.25, -0.2) is 0 Å². The molecule has 1 aliphatic heterocycles. The number of rotatable bonds is 7. The molecule has 1 unspecified atom stereocenters. The number of fused-ring (bicyclic) bond motifs is 1. The zero-order valence-electron chi connectivity index (χ0n) is 16.2. The highest BCUT2D eigenvalue weighted by atomic mass is 16.5. The minimum atomic E-state index is -1.21. The van der Waals surface area contributed by atoms with Crippen LogP contribution in [0.3, 0.4) is 0 Å². The molecular formula is C20H28N4O3. The van der Waals surface area contributed by atoms with Gasteiger partial charge < -0.3 is 15.2 Å². The maximum Gasteiger partial charge on any atom is 0.253 e. The van der Waals surface area contributed by atoms with Gasteiger partial charge in [-0.3, -0.25) is 14.4 Å². The third-order valence-corrected chi connectivity index (χ3v) is 4.67. The standard InChI is InChI=1S/C20H28N4O3/c1-14(2)12-23-8-9-24-17(13-23)10-16(22-24)11-21-20(26)19(25)15-4-6-18(27-3)7-5-15/h4-7,10,14,19,25H,8-9,11-13H2,1-3H3,(H,21,26). The molecule has 1 atom stereocenters. The molecule has 2 aromatic rings. The Morgan fingerprint density at radius 1 is 1.30 bits per heavy atom. The van der Waals surface area contributed by atoms with Crippen LogP contribution in [0.15, 0.2) is 30.3 Å².